The summed E-state index contributed by atoms with van der Waals surface area (Å²) in [6, 6.07) is 18.8. The molecule has 0 spiro atoms. The minimum absolute atomic E-state index is 0.00700. The predicted octanol–water partition coefficient (Wildman–Crippen LogP) is 1.53. The Kier molecular flexibility index (Phi) is 6.97. The number of rotatable bonds is 6. The van der Waals surface area contributed by atoms with Crippen LogP contribution in [0.25, 0.3) is 0 Å². The molecule has 0 unspecified atom stereocenters. The van der Waals surface area contributed by atoms with Gasteiger partial charge in [0.05, 0.1) is 38.5 Å². The standard InChI is InChI=1S/C25H34N4O2/c1-3-31-24-12-8-7-11-23(24)28-17-13-26(14-18-28)21(2)25(30)29-19-15-27(16-20-29)22-9-5-4-6-10-22/h4-12,21H,3,13-20H2,1-2H3/p+1/t21-/m0/s1. The predicted molar refractivity (Wildman–Crippen MR) is 125 cm³/mol. The lowest BCUT2D eigenvalue weighted by Gasteiger charge is -2.40. The second kappa shape index (κ2) is 10.1. The summed E-state index contributed by atoms with van der Waals surface area (Å²) in [5.74, 6) is 1.25. The number of quaternary nitrogens is 1. The Balaban J connectivity index is 1.29. The topological polar surface area (TPSA) is 40.5 Å². The molecule has 4 rings (SSSR count). The van der Waals surface area contributed by atoms with E-state index in [1.165, 1.54) is 16.3 Å². The van der Waals surface area contributed by atoms with Gasteiger partial charge in [0.1, 0.15) is 5.75 Å². The molecule has 0 saturated carbocycles. The first-order chi connectivity index (χ1) is 15.2. The van der Waals surface area contributed by atoms with E-state index in [1.54, 1.807) is 0 Å². The third-order valence-corrected chi connectivity index (χ3v) is 6.61. The summed E-state index contributed by atoms with van der Waals surface area (Å²) in [6.45, 7) is 12.0. The summed E-state index contributed by atoms with van der Waals surface area (Å²) in [4.78, 5) is 21.4. The first-order valence-corrected chi connectivity index (χ1v) is 11.6. The van der Waals surface area contributed by atoms with Crippen molar-refractivity contribution in [3.63, 3.8) is 0 Å². The molecule has 0 aliphatic carbocycles. The summed E-state index contributed by atoms with van der Waals surface area (Å²) in [5, 5.41) is 0. The van der Waals surface area contributed by atoms with Gasteiger partial charge in [0.25, 0.3) is 5.91 Å². The zero-order valence-corrected chi connectivity index (χ0v) is 18.8. The van der Waals surface area contributed by atoms with Gasteiger partial charge in [0.2, 0.25) is 0 Å². The number of piperazine rings is 2. The zero-order valence-electron chi connectivity index (χ0n) is 18.8. The molecule has 2 saturated heterocycles. The quantitative estimate of drug-likeness (QED) is 0.765. The molecule has 2 aromatic rings. The van der Waals surface area contributed by atoms with Crippen LogP contribution in [0, 0.1) is 0 Å². The number of nitrogens with zero attached hydrogens (tertiary/aromatic N) is 3. The highest BCUT2D eigenvalue weighted by atomic mass is 16.5. The molecule has 1 amide bonds. The second-order valence-corrected chi connectivity index (χ2v) is 8.42. The summed E-state index contributed by atoms with van der Waals surface area (Å²) < 4.78 is 5.81. The average Bonchev–Trinajstić information content (AvgIpc) is 2.84. The first-order valence-electron chi connectivity index (χ1n) is 11.6. The fourth-order valence-electron chi connectivity index (χ4n) is 4.74. The van der Waals surface area contributed by atoms with Crippen LogP contribution >= 0.6 is 0 Å². The molecule has 1 N–H and O–H groups in total. The van der Waals surface area contributed by atoms with E-state index in [2.05, 4.69) is 58.0 Å². The molecule has 6 nitrogen and oxygen atoms in total. The van der Waals surface area contributed by atoms with E-state index >= 15 is 0 Å². The Morgan fingerprint density at radius 2 is 1.55 bits per heavy atom. The number of ether oxygens (including phenoxy) is 1. The van der Waals surface area contributed by atoms with E-state index in [4.69, 9.17) is 4.74 Å². The van der Waals surface area contributed by atoms with Crippen LogP contribution in [0.2, 0.25) is 0 Å². The minimum Gasteiger partial charge on any atom is -0.492 e. The number of amides is 1. The highest BCUT2D eigenvalue weighted by Crippen LogP contribution is 2.27. The Morgan fingerprint density at radius 1 is 0.903 bits per heavy atom. The average molecular weight is 424 g/mol. The van der Waals surface area contributed by atoms with Crippen LogP contribution in [0.4, 0.5) is 11.4 Å². The van der Waals surface area contributed by atoms with Crippen molar-refractivity contribution in [3.8, 4) is 5.75 Å². The van der Waals surface area contributed by atoms with Crippen molar-refractivity contribution in [1.82, 2.24) is 4.90 Å². The van der Waals surface area contributed by atoms with Crippen LogP contribution in [0.5, 0.6) is 5.75 Å². The SMILES string of the molecule is CCOc1ccccc1N1CC[NH+]([C@@H](C)C(=O)N2CCN(c3ccccc3)CC2)CC1. The number of anilines is 2. The van der Waals surface area contributed by atoms with Gasteiger partial charge in [-0.25, -0.2) is 0 Å². The molecule has 2 heterocycles. The minimum atomic E-state index is 0.00700. The highest BCUT2D eigenvalue weighted by Gasteiger charge is 2.33. The number of carbonyl (C=O) groups is 1. The van der Waals surface area contributed by atoms with Crippen molar-refractivity contribution in [2.75, 3.05) is 68.8 Å². The van der Waals surface area contributed by atoms with Crippen molar-refractivity contribution in [2.24, 2.45) is 0 Å². The number of hydrogen-bond donors (Lipinski definition) is 1. The van der Waals surface area contributed by atoms with E-state index in [0.29, 0.717) is 12.5 Å². The summed E-state index contributed by atoms with van der Waals surface area (Å²) in [7, 11) is 0. The van der Waals surface area contributed by atoms with Gasteiger partial charge in [-0.1, -0.05) is 30.3 Å². The van der Waals surface area contributed by atoms with Crippen molar-refractivity contribution < 1.29 is 14.4 Å². The van der Waals surface area contributed by atoms with E-state index in [9.17, 15) is 4.79 Å². The van der Waals surface area contributed by atoms with Crippen LogP contribution in [-0.4, -0.2) is 75.8 Å². The smallest absolute Gasteiger partial charge is 0.280 e. The largest absolute Gasteiger partial charge is 0.492 e. The number of hydrogen-bond acceptors (Lipinski definition) is 4. The fourth-order valence-corrected chi connectivity index (χ4v) is 4.74. The Morgan fingerprint density at radius 3 is 2.23 bits per heavy atom. The van der Waals surface area contributed by atoms with Gasteiger partial charge >= 0.3 is 0 Å². The van der Waals surface area contributed by atoms with E-state index < -0.39 is 0 Å². The van der Waals surface area contributed by atoms with Crippen molar-refractivity contribution in [1.29, 1.82) is 0 Å². The van der Waals surface area contributed by atoms with Crippen LogP contribution in [-0.2, 0) is 4.79 Å². The number of carbonyl (C=O) groups excluding carboxylic acids is 1. The molecule has 2 aliphatic heterocycles. The third kappa shape index (κ3) is 4.96. The van der Waals surface area contributed by atoms with Gasteiger partial charge in [0.15, 0.2) is 6.04 Å². The summed E-state index contributed by atoms with van der Waals surface area (Å²) >= 11 is 0. The molecule has 0 bridgehead atoms. The molecule has 2 aliphatic rings. The lowest BCUT2D eigenvalue weighted by molar-refractivity contribution is -0.915. The lowest BCUT2D eigenvalue weighted by atomic mass is 10.1. The number of para-hydroxylation sites is 3. The van der Waals surface area contributed by atoms with Crippen molar-refractivity contribution in [2.45, 2.75) is 19.9 Å². The van der Waals surface area contributed by atoms with E-state index in [-0.39, 0.29) is 6.04 Å². The molecule has 166 valence electrons. The Bertz CT molecular complexity index is 844. The van der Waals surface area contributed by atoms with Crippen LogP contribution in [0.15, 0.2) is 54.6 Å². The Hall–Kier alpha value is -2.73. The lowest BCUT2D eigenvalue weighted by Crippen LogP contribution is -3.19. The van der Waals surface area contributed by atoms with Crippen molar-refractivity contribution in [3.05, 3.63) is 54.6 Å². The van der Waals surface area contributed by atoms with Crippen LogP contribution in [0.1, 0.15) is 13.8 Å². The van der Waals surface area contributed by atoms with Gasteiger partial charge in [-0.2, -0.15) is 0 Å². The molecular formula is C25H35N4O2+. The van der Waals surface area contributed by atoms with E-state index in [1.807, 2.05) is 25.1 Å². The van der Waals surface area contributed by atoms with Gasteiger partial charge in [-0.15, -0.1) is 0 Å². The molecule has 6 heteroatoms. The zero-order chi connectivity index (χ0) is 21.6. The molecule has 2 fully saturated rings. The molecule has 2 aromatic carbocycles. The molecule has 0 radical (unpaired) electrons. The second-order valence-electron chi connectivity index (χ2n) is 8.42. The third-order valence-electron chi connectivity index (χ3n) is 6.61. The molecule has 0 aromatic heterocycles. The monoisotopic (exact) mass is 423 g/mol. The number of benzene rings is 2. The van der Waals surface area contributed by atoms with Gasteiger partial charge in [-0.3, -0.25) is 4.79 Å². The number of nitrogens with one attached hydrogen (secondary N) is 1. The van der Waals surface area contributed by atoms with Crippen LogP contribution < -0.4 is 19.4 Å². The van der Waals surface area contributed by atoms with E-state index in [0.717, 1.165) is 58.1 Å². The fraction of sp³-hybridized carbons (Fsp3) is 0.480. The molecule has 1 atom stereocenters. The maximum Gasteiger partial charge on any atom is 0.280 e. The molecular weight excluding hydrogens is 388 g/mol. The summed E-state index contributed by atoms with van der Waals surface area (Å²) in [5.41, 5.74) is 2.41. The highest BCUT2D eigenvalue weighted by molar-refractivity contribution is 5.80. The van der Waals surface area contributed by atoms with Crippen molar-refractivity contribution >= 4 is 17.3 Å². The first kappa shape index (κ1) is 21.5. The maximum atomic E-state index is 13.2. The van der Waals surface area contributed by atoms with Gasteiger partial charge in [-0.05, 0) is 38.1 Å². The van der Waals surface area contributed by atoms with Gasteiger partial charge < -0.3 is 24.3 Å². The van der Waals surface area contributed by atoms with Crippen LogP contribution in [0.3, 0.4) is 0 Å². The maximum absolute atomic E-state index is 13.2. The normalized spacial score (nSPS) is 18.7. The van der Waals surface area contributed by atoms with Gasteiger partial charge in [0, 0.05) is 31.9 Å². The Labute approximate surface area is 186 Å². The summed E-state index contributed by atoms with van der Waals surface area (Å²) in [6.07, 6.45) is 0. The molecule has 31 heavy (non-hydrogen) atoms.